The number of hydrogen-bond donors (Lipinski definition) is 4. The largest absolute Gasteiger partial charge is 0.255 e. The number of rotatable bonds is 2. The Morgan fingerprint density at radius 3 is 1.52 bits per heavy atom. The minimum absolute atomic E-state index is 0.659. The Kier molecular flexibility index (Phi) is 16.8. The van der Waals surface area contributed by atoms with E-state index in [4.69, 9.17) is 21.0 Å². The molecule has 1 aliphatic carbocycles. The molecule has 0 heterocycles. The smallest absolute Gasteiger partial charge is 0.0219 e. The van der Waals surface area contributed by atoms with Gasteiger partial charge in [0.25, 0.3) is 0 Å². The third-order valence-corrected chi connectivity index (χ3v) is 4.47. The Morgan fingerprint density at radius 1 is 0.783 bits per heavy atom. The first-order valence-corrected chi connectivity index (χ1v) is 8.45. The first-order valence-electron chi connectivity index (χ1n) is 8.45. The van der Waals surface area contributed by atoms with Crippen LogP contribution in [0.5, 0.6) is 0 Å². The molecule has 23 heavy (non-hydrogen) atoms. The summed E-state index contributed by atoms with van der Waals surface area (Å²) in [6.45, 7) is 11.5. The van der Waals surface area contributed by atoms with E-state index in [0.29, 0.717) is 5.92 Å². The van der Waals surface area contributed by atoms with Gasteiger partial charge in [-0.3, -0.25) is 21.0 Å². The maximum Gasteiger partial charge on any atom is -0.0219 e. The van der Waals surface area contributed by atoms with Crippen molar-refractivity contribution >= 4 is 0 Å². The summed E-state index contributed by atoms with van der Waals surface area (Å²) in [6.07, 6.45) is 5.92. The third-order valence-electron chi connectivity index (χ3n) is 4.47. The van der Waals surface area contributed by atoms with Crippen molar-refractivity contribution in [2.75, 3.05) is 0 Å². The van der Waals surface area contributed by atoms with E-state index >= 15 is 0 Å². The van der Waals surface area contributed by atoms with Gasteiger partial charge >= 0.3 is 0 Å². The highest BCUT2D eigenvalue weighted by Crippen LogP contribution is 2.32. The van der Waals surface area contributed by atoms with Crippen LogP contribution in [0.15, 0.2) is 30.3 Å². The molecule has 0 radical (unpaired) electrons. The summed E-state index contributed by atoms with van der Waals surface area (Å²) >= 11 is 0. The second-order valence-corrected chi connectivity index (χ2v) is 6.83. The second kappa shape index (κ2) is 15.9. The fourth-order valence-corrected chi connectivity index (χ4v) is 2.79. The summed E-state index contributed by atoms with van der Waals surface area (Å²) in [5, 5.41) is 24.0. The Bertz CT molecular complexity index is 330. The van der Waals surface area contributed by atoms with Crippen LogP contribution in [0.25, 0.3) is 0 Å². The van der Waals surface area contributed by atoms with E-state index in [1.807, 2.05) is 6.07 Å². The molecule has 1 fully saturated rings. The maximum atomic E-state index is 6.00. The molecule has 1 aromatic carbocycles. The van der Waals surface area contributed by atoms with Crippen LogP contribution in [-0.4, -0.2) is 21.0 Å². The van der Waals surface area contributed by atoms with Gasteiger partial charge < -0.3 is 0 Å². The molecule has 4 nitrogen and oxygen atoms in total. The van der Waals surface area contributed by atoms with Crippen molar-refractivity contribution in [2.45, 2.75) is 66.2 Å². The average Bonchev–Trinajstić information content (AvgIpc) is 2.60. The normalized spacial score (nSPS) is 19.6. The fraction of sp³-hybridized carbons (Fsp3) is 0.684. The molecule has 0 saturated heterocycles. The quantitative estimate of drug-likeness (QED) is 0.378. The Balaban J connectivity index is 0. The second-order valence-electron chi connectivity index (χ2n) is 6.83. The van der Waals surface area contributed by atoms with Gasteiger partial charge in [0.1, 0.15) is 0 Å². The van der Waals surface area contributed by atoms with Crippen molar-refractivity contribution in [3.63, 3.8) is 0 Å². The first-order chi connectivity index (χ1) is 11.0. The predicted octanol–water partition coefficient (Wildman–Crippen LogP) is 6.31. The van der Waals surface area contributed by atoms with E-state index in [0.717, 1.165) is 17.8 Å². The van der Waals surface area contributed by atoms with Crippen LogP contribution in [0.1, 0.15) is 71.8 Å². The molecule has 1 aliphatic rings. The van der Waals surface area contributed by atoms with Crippen LogP contribution in [0.2, 0.25) is 0 Å². The maximum absolute atomic E-state index is 6.00. The van der Waals surface area contributed by atoms with E-state index in [1.165, 1.54) is 31.2 Å². The molecule has 0 bridgehead atoms. The van der Waals surface area contributed by atoms with Crippen LogP contribution in [0.4, 0.5) is 0 Å². The van der Waals surface area contributed by atoms with Gasteiger partial charge in [-0.1, -0.05) is 77.8 Å². The summed E-state index contributed by atoms with van der Waals surface area (Å²) in [7, 11) is 0. The molecule has 0 aromatic heterocycles. The molecule has 0 aliphatic heterocycles. The molecule has 0 atom stereocenters. The van der Waals surface area contributed by atoms with E-state index in [1.54, 1.807) is 0 Å². The molecule has 2 rings (SSSR count). The summed E-state index contributed by atoms with van der Waals surface area (Å²) in [5.41, 5.74) is 1.41. The van der Waals surface area contributed by atoms with E-state index in [2.05, 4.69) is 58.9 Å². The fourth-order valence-electron chi connectivity index (χ4n) is 2.79. The summed E-state index contributed by atoms with van der Waals surface area (Å²) in [6, 6.07) is 10.5. The standard InChI is InChI=1S/C10H20.C9H12.2H2O2/c1-8(2)10-6-4-9(3)5-7-10;1-8(2)9-6-4-3-5-7-9;2*1-2/h8-10H,4-7H2,1-3H3;3-8H,1-2H3;2*1-2H. The van der Waals surface area contributed by atoms with Crippen molar-refractivity contribution in [3.8, 4) is 0 Å². The van der Waals surface area contributed by atoms with Crippen molar-refractivity contribution in [1.29, 1.82) is 0 Å². The molecule has 1 aromatic rings. The van der Waals surface area contributed by atoms with Gasteiger partial charge in [0, 0.05) is 0 Å². The van der Waals surface area contributed by atoms with Crippen LogP contribution in [0, 0.1) is 17.8 Å². The van der Waals surface area contributed by atoms with Crippen LogP contribution in [0.3, 0.4) is 0 Å². The average molecular weight is 328 g/mol. The third kappa shape index (κ3) is 12.2. The van der Waals surface area contributed by atoms with Gasteiger partial charge in [-0.05, 0) is 42.1 Å². The lowest BCUT2D eigenvalue weighted by Gasteiger charge is -2.28. The van der Waals surface area contributed by atoms with Crippen LogP contribution in [-0.2, 0) is 0 Å². The van der Waals surface area contributed by atoms with Crippen LogP contribution < -0.4 is 0 Å². The Labute approximate surface area is 141 Å². The Hall–Kier alpha value is -0.940. The van der Waals surface area contributed by atoms with E-state index in [9.17, 15) is 0 Å². The molecule has 136 valence electrons. The van der Waals surface area contributed by atoms with Crippen molar-refractivity contribution in [3.05, 3.63) is 35.9 Å². The van der Waals surface area contributed by atoms with Gasteiger partial charge in [0.05, 0.1) is 0 Å². The highest BCUT2D eigenvalue weighted by Gasteiger charge is 2.19. The predicted molar refractivity (Wildman–Crippen MR) is 97.0 cm³/mol. The summed E-state index contributed by atoms with van der Waals surface area (Å²) in [5.74, 6) is 3.63. The highest BCUT2D eigenvalue weighted by atomic mass is 17.0. The van der Waals surface area contributed by atoms with Gasteiger partial charge in [-0.25, -0.2) is 0 Å². The Morgan fingerprint density at radius 2 is 1.22 bits per heavy atom. The van der Waals surface area contributed by atoms with Crippen LogP contribution >= 0.6 is 0 Å². The van der Waals surface area contributed by atoms with Gasteiger partial charge in [-0.2, -0.15) is 0 Å². The molecule has 4 heteroatoms. The zero-order valence-corrected chi connectivity index (χ0v) is 15.3. The first kappa shape index (κ1) is 24.3. The minimum atomic E-state index is 0.659. The van der Waals surface area contributed by atoms with Gasteiger partial charge in [-0.15, -0.1) is 0 Å². The molecule has 0 unspecified atom stereocenters. The molecule has 4 N–H and O–H groups in total. The van der Waals surface area contributed by atoms with Crippen molar-refractivity contribution < 1.29 is 21.0 Å². The zero-order chi connectivity index (χ0) is 18.3. The van der Waals surface area contributed by atoms with Crippen molar-refractivity contribution in [2.24, 2.45) is 17.8 Å². The summed E-state index contributed by atoms with van der Waals surface area (Å²) < 4.78 is 0. The topological polar surface area (TPSA) is 80.9 Å². The zero-order valence-electron chi connectivity index (χ0n) is 15.3. The summed E-state index contributed by atoms with van der Waals surface area (Å²) in [4.78, 5) is 0. The van der Waals surface area contributed by atoms with Gasteiger partial charge in [0.2, 0.25) is 0 Å². The SMILES string of the molecule is CC(C)c1ccccc1.CC1CCC(C(C)C)CC1.OO.OO. The molecular weight excluding hydrogens is 292 g/mol. The van der Waals surface area contributed by atoms with Crippen molar-refractivity contribution in [1.82, 2.24) is 0 Å². The van der Waals surface area contributed by atoms with E-state index in [-0.39, 0.29) is 0 Å². The monoisotopic (exact) mass is 328 g/mol. The molecular formula is C19H36O4. The molecule has 0 spiro atoms. The molecule has 0 amide bonds. The lowest BCUT2D eigenvalue weighted by atomic mass is 9.78. The minimum Gasteiger partial charge on any atom is -0.255 e. The lowest BCUT2D eigenvalue weighted by molar-refractivity contribution is -0.176. The number of hydrogen-bond acceptors (Lipinski definition) is 4. The molecule has 1 saturated carbocycles. The van der Waals surface area contributed by atoms with Gasteiger partial charge in [0.15, 0.2) is 0 Å². The lowest BCUT2D eigenvalue weighted by Crippen LogP contribution is -2.16. The van der Waals surface area contributed by atoms with E-state index < -0.39 is 0 Å². The highest BCUT2D eigenvalue weighted by molar-refractivity contribution is 5.17. The number of benzene rings is 1.